The van der Waals surface area contributed by atoms with E-state index < -0.39 is 6.10 Å². The average Bonchev–Trinajstić information content (AvgIpc) is 2.67. The van der Waals surface area contributed by atoms with Gasteiger partial charge in [0.05, 0.1) is 11.8 Å². The molecule has 0 spiro atoms. The monoisotopic (exact) mass is 334 g/mol. The Bertz CT molecular complexity index is 803. The van der Waals surface area contributed by atoms with E-state index in [0.29, 0.717) is 12.4 Å². The molecule has 0 saturated carbocycles. The van der Waals surface area contributed by atoms with Gasteiger partial charge in [0.2, 0.25) is 0 Å². The number of aliphatic hydroxyl groups is 1. The molecular weight excluding hydrogens is 312 g/mol. The molecule has 1 aromatic heterocycles. The Morgan fingerprint density at radius 1 is 1.00 bits per heavy atom. The zero-order valence-corrected chi connectivity index (χ0v) is 14.4. The number of aliphatic hydroxyl groups excluding tert-OH is 1. The molecule has 0 aliphatic heterocycles. The zero-order valence-electron chi connectivity index (χ0n) is 14.4. The molecule has 3 aromatic rings. The molecule has 0 radical (unpaired) electrons. The van der Waals surface area contributed by atoms with E-state index in [4.69, 9.17) is 0 Å². The first-order valence-electron chi connectivity index (χ1n) is 8.20. The normalized spacial score (nSPS) is 11.8. The lowest BCUT2D eigenvalue weighted by Gasteiger charge is -2.14. The van der Waals surface area contributed by atoms with Gasteiger partial charge in [-0.2, -0.15) is 0 Å². The van der Waals surface area contributed by atoms with Crippen LogP contribution in [0.4, 0.5) is 11.5 Å². The third-order valence-electron chi connectivity index (χ3n) is 4.01. The first-order chi connectivity index (χ1) is 12.1. The zero-order chi connectivity index (χ0) is 17.6. The Balaban J connectivity index is 1.69. The molecule has 1 unspecified atom stereocenters. The van der Waals surface area contributed by atoms with Crippen molar-refractivity contribution < 1.29 is 5.11 Å². The molecule has 0 bridgehead atoms. The van der Waals surface area contributed by atoms with Crippen molar-refractivity contribution in [2.75, 3.05) is 30.9 Å². The fourth-order valence-electron chi connectivity index (χ4n) is 2.54. The molecule has 2 aromatic carbocycles. The van der Waals surface area contributed by atoms with Gasteiger partial charge in [0, 0.05) is 38.0 Å². The smallest absolute Gasteiger partial charge is 0.130 e. The summed E-state index contributed by atoms with van der Waals surface area (Å²) in [5.41, 5.74) is 3.89. The third-order valence-corrected chi connectivity index (χ3v) is 4.01. The Morgan fingerprint density at radius 2 is 1.72 bits per heavy atom. The lowest BCUT2D eigenvalue weighted by Crippen LogP contribution is -2.13. The molecule has 0 saturated heterocycles. The molecule has 0 aliphatic carbocycles. The predicted molar refractivity (Wildman–Crippen MR) is 102 cm³/mol. The van der Waals surface area contributed by atoms with Crippen LogP contribution in [0.3, 0.4) is 0 Å². The SMILES string of the molecule is CN(C)c1ccc(-c2cc(NCC(O)c3ccccc3)ncn2)cc1. The molecule has 5 nitrogen and oxygen atoms in total. The first kappa shape index (κ1) is 16.9. The van der Waals surface area contributed by atoms with E-state index in [1.807, 2.05) is 62.6 Å². The van der Waals surface area contributed by atoms with Gasteiger partial charge in [0.25, 0.3) is 0 Å². The lowest BCUT2D eigenvalue weighted by molar-refractivity contribution is 0.191. The highest BCUT2D eigenvalue weighted by atomic mass is 16.3. The third kappa shape index (κ3) is 4.33. The average molecular weight is 334 g/mol. The minimum Gasteiger partial charge on any atom is -0.387 e. The Morgan fingerprint density at radius 3 is 2.40 bits per heavy atom. The van der Waals surface area contributed by atoms with Gasteiger partial charge in [-0.05, 0) is 17.7 Å². The topological polar surface area (TPSA) is 61.3 Å². The van der Waals surface area contributed by atoms with Crippen LogP contribution in [0.25, 0.3) is 11.3 Å². The minimum atomic E-state index is -0.584. The van der Waals surface area contributed by atoms with E-state index >= 15 is 0 Å². The highest BCUT2D eigenvalue weighted by Crippen LogP contribution is 2.22. The van der Waals surface area contributed by atoms with Crippen LogP contribution in [0.5, 0.6) is 0 Å². The van der Waals surface area contributed by atoms with Crippen molar-refractivity contribution in [3.63, 3.8) is 0 Å². The van der Waals surface area contributed by atoms with Crippen LogP contribution in [0.15, 0.2) is 67.0 Å². The quantitative estimate of drug-likeness (QED) is 0.724. The lowest BCUT2D eigenvalue weighted by atomic mass is 10.1. The first-order valence-corrected chi connectivity index (χ1v) is 8.20. The second kappa shape index (κ2) is 7.77. The summed E-state index contributed by atoms with van der Waals surface area (Å²) in [5, 5.41) is 13.4. The Kier molecular flexibility index (Phi) is 5.26. The van der Waals surface area contributed by atoms with Crippen molar-refractivity contribution in [1.29, 1.82) is 0 Å². The van der Waals surface area contributed by atoms with Gasteiger partial charge < -0.3 is 15.3 Å². The minimum absolute atomic E-state index is 0.389. The maximum absolute atomic E-state index is 10.2. The van der Waals surface area contributed by atoms with Gasteiger partial charge in [-0.25, -0.2) is 9.97 Å². The van der Waals surface area contributed by atoms with Crippen LogP contribution in [0.2, 0.25) is 0 Å². The molecule has 2 N–H and O–H groups in total. The summed E-state index contributed by atoms with van der Waals surface area (Å²) in [7, 11) is 4.03. The fraction of sp³-hybridized carbons (Fsp3) is 0.200. The summed E-state index contributed by atoms with van der Waals surface area (Å²) in [5.74, 6) is 0.691. The largest absolute Gasteiger partial charge is 0.387 e. The van der Waals surface area contributed by atoms with Crippen LogP contribution < -0.4 is 10.2 Å². The Labute approximate surface area is 148 Å². The van der Waals surface area contributed by atoms with E-state index in [0.717, 1.165) is 22.5 Å². The molecule has 1 heterocycles. The van der Waals surface area contributed by atoms with Crippen LogP contribution in [-0.2, 0) is 0 Å². The predicted octanol–water partition coefficient (Wildman–Crippen LogP) is 3.36. The van der Waals surface area contributed by atoms with Crippen molar-refractivity contribution in [3.8, 4) is 11.3 Å². The van der Waals surface area contributed by atoms with Crippen molar-refractivity contribution in [2.45, 2.75) is 6.10 Å². The molecule has 0 fully saturated rings. The molecule has 128 valence electrons. The van der Waals surface area contributed by atoms with Crippen LogP contribution in [0.1, 0.15) is 11.7 Å². The standard InChI is InChI=1S/C20H22N4O/c1-24(2)17-10-8-15(9-11-17)18-12-20(23-14-22-18)21-13-19(25)16-6-4-3-5-7-16/h3-12,14,19,25H,13H2,1-2H3,(H,21,22,23). The number of nitrogens with zero attached hydrogens (tertiary/aromatic N) is 3. The maximum atomic E-state index is 10.2. The summed E-state index contributed by atoms with van der Waals surface area (Å²) in [6.07, 6.45) is 0.950. The number of benzene rings is 2. The highest BCUT2D eigenvalue weighted by Gasteiger charge is 2.08. The Hall–Kier alpha value is -2.92. The molecule has 0 amide bonds. The van der Waals surface area contributed by atoms with E-state index in [-0.39, 0.29) is 0 Å². The van der Waals surface area contributed by atoms with E-state index in [1.165, 1.54) is 6.33 Å². The maximum Gasteiger partial charge on any atom is 0.130 e. The van der Waals surface area contributed by atoms with Crippen LogP contribution in [0, 0.1) is 0 Å². The number of hydrogen-bond acceptors (Lipinski definition) is 5. The summed E-state index contributed by atoms with van der Waals surface area (Å²) in [6, 6.07) is 19.7. The van der Waals surface area contributed by atoms with E-state index in [2.05, 4.69) is 32.3 Å². The number of rotatable bonds is 6. The fourth-order valence-corrected chi connectivity index (χ4v) is 2.54. The highest BCUT2D eigenvalue weighted by molar-refractivity contribution is 5.65. The van der Waals surface area contributed by atoms with Gasteiger partial charge in [0.1, 0.15) is 12.1 Å². The van der Waals surface area contributed by atoms with Crippen molar-refractivity contribution in [1.82, 2.24) is 9.97 Å². The second-order valence-corrected chi connectivity index (χ2v) is 6.04. The number of nitrogens with one attached hydrogen (secondary N) is 1. The van der Waals surface area contributed by atoms with Gasteiger partial charge in [-0.15, -0.1) is 0 Å². The van der Waals surface area contributed by atoms with Crippen molar-refractivity contribution in [2.24, 2.45) is 0 Å². The summed E-state index contributed by atoms with van der Waals surface area (Å²) < 4.78 is 0. The molecule has 5 heteroatoms. The number of anilines is 2. The van der Waals surface area contributed by atoms with Crippen molar-refractivity contribution in [3.05, 3.63) is 72.6 Å². The molecule has 1 atom stereocenters. The summed E-state index contributed by atoms with van der Waals surface area (Å²) >= 11 is 0. The molecule has 0 aliphatic rings. The second-order valence-electron chi connectivity index (χ2n) is 6.04. The van der Waals surface area contributed by atoms with E-state index in [9.17, 15) is 5.11 Å². The van der Waals surface area contributed by atoms with Gasteiger partial charge in [-0.1, -0.05) is 42.5 Å². The molecule has 25 heavy (non-hydrogen) atoms. The van der Waals surface area contributed by atoms with Crippen LogP contribution >= 0.6 is 0 Å². The van der Waals surface area contributed by atoms with Crippen molar-refractivity contribution >= 4 is 11.5 Å². The molecule has 3 rings (SSSR count). The summed E-state index contributed by atoms with van der Waals surface area (Å²) in [6.45, 7) is 0.389. The van der Waals surface area contributed by atoms with Gasteiger partial charge in [0.15, 0.2) is 0 Å². The summed E-state index contributed by atoms with van der Waals surface area (Å²) in [4.78, 5) is 10.6. The number of aromatic nitrogens is 2. The van der Waals surface area contributed by atoms with E-state index in [1.54, 1.807) is 0 Å². The number of hydrogen-bond donors (Lipinski definition) is 2. The van der Waals surface area contributed by atoms with Gasteiger partial charge >= 0.3 is 0 Å². The molecular formula is C20H22N4O. The van der Waals surface area contributed by atoms with Gasteiger partial charge in [-0.3, -0.25) is 0 Å². The van der Waals surface area contributed by atoms with Crippen LogP contribution in [-0.4, -0.2) is 35.7 Å².